The molecule has 27 heavy (non-hydrogen) atoms. The number of hydrogen-bond donors (Lipinski definition) is 1. The fourth-order valence-corrected chi connectivity index (χ4v) is 4.04. The number of halogens is 3. The van der Waals surface area contributed by atoms with Gasteiger partial charge in [0.1, 0.15) is 5.69 Å². The Balaban J connectivity index is 1.70. The smallest absolute Gasteiger partial charge is 0.350 e. The molecular formula is C21H23F3N2O. The largest absolute Gasteiger partial charge is 0.418 e. The van der Waals surface area contributed by atoms with Crippen LogP contribution in [0.25, 0.3) is 10.9 Å². The number of nitrogens with zero attached hydrogens (tertiary/aromatic N) is 1. The molecule has 144 valence electrons. The first-order valence-corrected chi connectivity index (χ1v) is 9.63. The summed E-state index contributed by atoms with van der Waals surface area (Å²) in [4.78, 5) is 16.6. The molecule has 2 fully saturated rings. The highest BCUT2D eigenvalue weighted by molar-refractivity contribution is 5.97. The maximum Gasteiger partial charge on any atom is 0.418 e. The number of aryl methyl sites for hydroxylation is 1. The van der Waals surface area contributed by atoms with E-state index in [9.17, 15) is 18.0 Å². The van der Waals surface area contributed by atoms with E-state index in [1.807, 2.05) is 6.07 Å². The number of aromatic nitrogens is 1. The maximum atomic E-state index is 13.7. The molecule has 2 saturated carbocycles. The molecule has 0 spiro atoms. The van der Waals surface area contributed by atoms with Crippen molar-refractivity contribution in [1.29, 1.82) is 0 Å². The summed E-state index contributed by atoms with van der Waals surface area (Å²) in [6.45, 7) is 2.30. The monoisotopic (exact) mass is 376 g/mol. The lowest BCUT2D eigenvalue weighted by atomic mass is 9.98. The quantitative estimate of drug-likeness (QED) is 0.781. The van der Waals surface area contributed by atoms with Gasteiger partial charge in [0.25, 0.3) is 5.91 Å². The molecule has 2 aliphatic carbocycles. The molecule has 0 aliphatic heterocycles. The average molecular weight is 376 g/mol. The number of rotatable bonds is 4. The fourth-order valence-electron chi connectivity index (χ4n) is 4.04. The number of pyridine rings is 1. The first-order chi connectivity index (χ1) is 12.8. The van der Waals surface area contributed by atoms with Gasteiger partial charge >= 0.3 is 6.18 Å². The number of fused-ring (bicyclic) bond motifs is 1. The standard InChI is InChI=1S/C21H23F3N2O/c1-12-8-18(20(27)25-11-13-4-2-3-5-13)26-19-16(12)9-15(14-6-7-14)10-17(19)21(22,23)24/h8-10,13-14H,2-7,11H2,1H3,(H,25,27). The lowest BCUT2D eigenvalue weighted by molar-refractivity contribution is -0.136. The van der Waals surface area contributed by atoms with E-state index in [2.05, 4.69) is 10.3 Å². The molecule has 4 rings (SSSR count). The number of carbonyl (C=O) groups is 1. The molecule has 2 aliphatic rings. The Labute approximate surface area is 156 Å². The van der Waals surface area contributed by atoms with Gasteiger partial charge in [-0.15, -0.1) is 0 Å². The van der Waals surface area contributed by atoms with Gasteiger partial charge in [0.2, 0.25) is 0 Å². The molecule has 6 heteroatoms. The Hall–Kier alpha value is -2.11. The van der Waals surface area contributed by atoms with Crippen LogP contribution in [0.5, 0.6) is 0 Å². The molecular weight excluding hydrogens is 353 g/mol. The van der Waals surface area contributed by atoms with Gasteiger partial charge in [0, 0.05) is 11.9 Å². The third kappa shape index (κ3) is 3.80. The highest BCUT2D eigenvalue weighted by atomic mass is 19.4. The van der Waals surface area contributed by atoms with E-state index in [-0.39, 0.29) is 17.1 Å². The maximum absolute atomic E-state index is 13.7. The van der Waals surface area contributed by atoms with E-state index < -0.39 is 17.6 Å². The zero-order valence-electron chi connectivity index (χ0n) is 15.3. The third-order valence-corrected chi connectivity index (χ3v) is 5.76. The minimum absolute atomic E-state index is 0.0580. The van der Waals surface area contributed by atoms with Gasteiger partial charge in [0.05, 0.1) is 11.1 Å². The summed E-state index contributed by atoms with van der Waals surface area (Å²) in [7, 11) is 0. The summed E-state index contributed by atoms with van der Waals surface area (Å²) < 4.78 is 41.0. The number of benzene rings is 1. The fraction of sp³-hybridized carbons (Fsp3) is 0.524. The summed E-state index contributed by atoms with van der Waals surface area (Å²) in [6.07, 6.45) is 1.88. The molecule has 1 aromatic heterocycles. The van der Waals surface area contributed by atoms with Crippen molar-refractivity contribution in [3.63, 3.8) is 0 Å². The molecule has 1 aromatic carbocycles. The van der Waals surface area contributed by atoms with E-state index in [0.29, 0.717) is 23.4 Å². The number of alkyl halides is 3. The van der Waals surface area contributed by atoms with Crippen molar-refractivity contribution in [1.82, 2.24) is 10.3 Å². The van der Waals surface area contributed by atoms with E-state index in [0.717, 1.165) is 31.2 Å². The summed E-state index contributed by atoms with van der Waals surface area (Å²) in [5.74, 6) is 0.276. The average Bonchev–Trinajstić information content (AvgIpc) is 3.34. The summed E-state index contributed by atoms with van der Waals surface area (Å²) in [5, 5.41) is 3.33. The van der Waals surface area contributed by atoms with Gasteiger partial charge in [-0.25, -0.2) is 4.98 Å². The third-order valence-electron chi connectivity index (χ3n) is 5.76. The van der Waals surface area contributed by atoms with Crippen LogP contribution in [-0.4, -0.2) is 17.4 Å². The van der Waals surface area contributed by atoms with Crippen molar-refractivity contribution < 1.29 is 18.0 Å². The number of hydrogen-bond acceptors (Lipinski definition) is 2. The van der Waals surface area contributed by atoms with Crippen LogP contribution in [0.1, 0.15) is 71.6 Å². The van der Waals surface area contributed by atoms with Crippen molar-refractivity contribution in [2.75, 3.05) is 6.54 Å². The van der Waals surface area contributed by atoms with Gasteiger partial charge in [0.15, 0.2) is 0 Å². The normalized spacial score (nSPS) is 18.2. The molecule has 0 atom stereocenters. The van der Waals surface area contributed by atoms with Crippen molar-refractivity contribution in [2.24, 2.45) is 5.92 Å². The minimum atomic E-state index is -4.50. The molecule has 0 saturated heterocycles. The van der Waals surface area contributed by atoms with Gasteiger partial charge in [-0.3, -0.25) is 4.79 Å². The Bertz CT molecular complexity index is 881. The predicted molar refractivity (Wildman–Crippen MR) is 97.7 cm³/mol. The second-order valence-electron chi connectivity index (χ2n) is 7.92. The Kier molecular flexibility index (Phi) is 4.60. The van der Waals surface area contributed by atoms with E-state index >= 15 is 0 Å². The zero-order valence-corrected chi connectivity index (χ0v) is 15.3. The van der Waals surface area contributed by atoms with Crippen LogP contribution >= 0.6 is 0 Å². The van der Waals surface area contributed by atoms with Crippen molar-refractivity contribution in [3.8, 4) is 0 Å². The molecule has 2 aromatic rings. The molecule has 1 amide bonds. The van der Waals surface area contributed by atoms with E-state index in [1.54, 1.807) is 13.0 Å². The van der Waals surface area contributed by atoms with Gasteiger partial charge < -0.3 is 5.32 Å². The van der Waals surface area contributed by atoms with Crippen LogP contribution in [0.4, 0.5) is 13.2 Å². The zero-order chi connectivity index (χ0) is 19.2. The van der Waals surface area contributed by atoms with Crippen LogP contribution in [0, 0.1) is 12.8 Å². The second kappa shape index (κ2) is 6.80. The van der Waals surface area contributed by atoms with Crippen LogP contribution in [0.15, 0.2) is 18.2 Å². The number of carbonyl (C=O) groups excluding carboxylic acids is 1. The molecule has 0 unspecified atom stereocenters. The number of amides is 1. The Morgan fingerprint density at radius 1 is 1.15 bits per heavy atom. The van der Waals surface area contributed by atoms with Crippen LogP contribution in [0.3, 0.4) is 0 Å². The first kappa shape index (κ1) is 18.3. The topological polar surface area (TPSA) is 42.0 Å². The Morgan fingerprint density at radius 3 is 2.48 bits per heavy atom. The lowest BCUT2D eigenvalue weighted by Gasteiger charge is -2.15. The molecule has 1 heterocycles. The van der Waals surface area contributed by atoms with Gasteiger partial charge in [-0.2, -0.15) is 13.2 Å². The molecule has 3 nitrogen and oxygen atoms in total. The molecule has 1 N–H and O–H groups in total. The SMILES string of the molecule is Cc1cc(C(=O)NCC2CCCC2)nc2c(C(F)(F)F)cc(C3CC3)cc12. The lowest BCUT2D eigenvalue weighted by Crippen LogP contribution is -2.29. The first-order valence-electron chi connectivity index (χ1n) is 9.63. The summed E-state index contributed by atoms with van der Waals surface area (Å²) >= 11 is 0. The second-order valence-corrected chi connectivity index (χ2v) is 7.92. The van der Waals surface area contributed by atoms with Crippen LogP contribution in [-0.2, 0) is 6.18 Å². The number of nitrogens with one attached hydrogen (secondary N) is 1. The highest BCUT2D eigenvalue weighted by Gasteiger charge is 2.36. The van der Waals surface area contributed by atoms with E-state index in [4.69, 9.17) is 0 Å². The predicted octanol–water partition coefficient (Wildman–Crippen LogP) is 5.36. The van der Waals surface area contributed by atoms with Gasteiger partial charge in [-0.05, 0) is 73.8 Å². The van der Waals surface area contributed by atoms with Crippen molar-refractivity contribution in [3.05, 3.63) is 40.6 Å². The molecule has 0 bridgehead atoms. The van der Waals surface area contributed by atoms with E-state index in [1.165, 1.54) is 18.9 Å². The van der Waals surface area contributed by atoms with Gasteiger partial charge in [-0.1, -0.05) is 12.8 Å². The van der Waals surface area contributed by atoms with Crippen molar-refractivity contribution >= 4 is 16.8 Å². The summed E-state index contributed by atoms with van der Waals surface area (Å²) in [6, 6.07) is 4.63. The van der Waals surface area contributed by atoms with Crippen molar-refractivity contribution in [2.45, 2.75) is 57.5 Å². The Morgan fingerprint density at radius 2 is 1.85 bits per heavy atom. The van der Waals surface area contributed by atoms with Crippen LogP contribution in [0.2, 0.25) is 0 Å². The minimum Gasteiger partial charge on any atom is -0.350 e. The molecule has 0 radical (unpaired) electrons. The van der Waals surface area contributed by atoms with Crippen LogP contribution < -0.4 is 5.32 Å². The summed E-state index contributed by atoms with van der Waals surface area (Å²) in [5.41, 5.74) is 0.563. The highest BCUT2D eigenvalue weighted by Crippen LogP contribution is 2.44.